The van der Waals surface area contributed by atoms with Gasteiger partial charge in [0.05, 0.1) is 16.8 Å². The molecule has 4 heteroatoms. The first-order chi connectivity index (χ1) is 10.5. The lowest BCUT2D eigenvalue weighted by Gasteiger charge is -2.10. The van der Waals surface area contributed by atoms with E-state index in [1.165, 1.54) is 0 Å². The molecule has 0 spiro atoms. The van der Waals surface area contributed by atoms with Gasteiger partial charge in [-0.25, -0.2) is 0 Å². The lowest BCUT2D eigenvalue weighted by Crippen LogP contribution is -2.14. The number of anilines is 1. The normalized spacial score (nSPS) is 10.7. The molecule has 3 aromatic rings. The first-order valence-corrected chi connectivity index (χ1v) is 7.36. The Kier molecular flexibility index (Phi) is 3.82. The zero-order valence-corrected chi connectivity index (χ0v) is 13.1. The van der Waals surface area contributed by atoms with Crippen molar-refractivity contribution in [3.63, 3.8) is 0 Å². The van der Waals surface area contributed by atoms with Crippen LogP contribution in [0.2, 0.25) is 5.02 Å². The summed E-state index contributed by atoms with van der Waals surface area (Å²) >= 11 is 6.01. The van der Waals surface area contributed by atoms with Crippen LogP contribution in [0.1, 0.15) is 21.6 Å². The second-order valence-electron chi connectivity index (χ2n) is 5.23. The lowest BCUT2D eigenvalue weighted by molar-refractivity contribution is 0.102. The average Bonchev–Trinajstić information content (AvgIpc) is 2.49. The summed E-state index contributed by atoms with van der Waals surface area (Å²) in [6, 6.07) is 15.0. The second kappa shape index (κ2) is 5.78. The summed E-state index contributed by atoms with van der Waals surface area (Å²) in [6.07, 6.45) is 0. The Bertz CT molecular complexity index is 874. The Balaban J connectivity index is 2.00. The van der Waals surface area contributed by atoms with E-state index >= 15 is 0 Å². The molecule has 0 saturated heterocycles. The number of para-hydroxylation sites is 1. The van der Waals surface area contributed by atoms with Gasteiger partial charge < -0.3 is 5.32 Å². The van der Waals surface area contributed by atoms with E-state index in [2.05, 4.69) is 10.3 Å². The number of aromatic nitrogens is 1. The third-order valence-electron chi connectivity index (χ3n) is 3.61. The number of nitrogens with zero attached hydrogens (tertiary/aromatic N) is 1. The van der Waals surface area contributed by atoms with E-state index in [1.54, 1.807) is 6.07 Å². The van der Waals surface area contributed by atoms with Crippen LogP contribution in [0.4, 0.5) is 5.69 Å². The fraction of sp³-hybridized carbons (Fsp3) is 0.111. The number of rotatable bonds is 2. The van der Waals surface area contributed by atoms with Crippen LogP contribution < -0.4 is 5.32 Å². The number of pyridine rings is 1. The van der Waals surface area contributed by atoms with E-state index in [-0.39, 0.29) is 5.91 Å². The van der Waals surface area contributed by atoms with Crippen molar-refractivity contribution in [2.24, 2.45) is 0 Å². The zero-order chi connectivity index (χ0) is 15.7. The molecule has 1 heterocycles. The van der Waals surface area contributed by atoms with Crippen molar-refractivity contribution in [2.45, 2.75) is 13.8 Å². The van der Waals surface area contributed by atoms with Crippen molar-refractivity contribution in [3.8, 4) is 0 Å². The molecule has 0 fully saturated rings. The summed E-state index contributed by atoms with van der Waals surface area (Å²) in [5.74, 6) is -0.166. The Morgan fingerprint density at radius 3 is 2.64 bits per heavy atom. The maximum absolute atomic E-state index is 12.5. The number of carbonyl (C=O) groups is 1. The molecule has 0 radical (unpaired) electrons. The third-order valence-corrected chi connectivity index (χ3v) is 3.84. The molecular weight excluding hydrogens is 296 g/mol. The molecule has 3 rings (SSSR count). The van der Waals surface area contributed by atoms with Gasteiger partial charge in [0, 0.05) is 16.1 Å². The van der Waals surface area contributed by atoms with Gasteiger partial charge in [-0.15, -0.1) is 0 Å². The average molecular weight is 311 g/mol. The van der Waals surface area contributed by atoms with Crippen LogP contribution in [-0.2, 0) is 0 Å². The largest absolute Gasteiger partial charge is 0.322 e. The Morgan fingerprint density at radius 2 is 1.86 bits per heavy atom. The minimum absolute atomic E-state index is 0.166. The van der Waals surface area contributed by atoms with Gasteiger partial charge in [0.1, 0.15) is 0 Å². The molecule has 110 valence electrons. The predicted octanol–water partition coefficient (Wildman–Crippen LogP) is 4.76. The highest BCUT2D eigenvalue weighted by molar-refractivity contribution is 6.31. The molecule has 3 nitrogen and oxygen atoms in total. The molecule has 0 atom stereocenters. The van der Waals surface area contributed by atoms with Crippen LogP contribution in [0, 0.1) is 13.8 Å². The van der Waals surface area contributed by atoms with Crippen molar-refractivity contribution in [1.29, 1.82) is 0 Å². The van der Waals surface area contributed by atoms with Gasteiger partial charge in [0.15, 0.2) is 0 Å². The van der Waals surface area contributed by atoms with Crippen LogP contribution in [0.25, 0.3) is 10.9 Å². The molecule has 1 aromatic heterocycles. The first-order valence-electron chi connectivity index (χ1n) is 6.98. The van der Waals surface area contributed by atoms with Gasteiger partial charge in [-0.05, 0) is 49.7 Å². The lowest BCUT2D eigenvalue weighted by atomic mass is 10.1. The number of hydrogen-bond donors (Lipinski definition) is 1. The monoisotopic (exact) mass is 310 g/mol. The summed E-state index contributed by atoms with van der Waals surface area (Å²) in [4.78, 5) is 17.0. The Morgan fingerprint density at radius 1 is 1.09 bits per heavy atom. The van der Waals surface area contributed by atoms with E-state index in [4.69, 9.17) is 11.6 Å². The molecule has 0 bridgehead atoms. The second-order valence-corrected chi connectivity index (χ2v) is 5.66. The third kappa shape index (κ3) is 2.81. The fourth-order valence-electron chi connectivity index (χ4n) is 2.38. The van der Waals surface area contributed by atoms with E-state index in [0.29, 0.717) is 16.3 Å². The van der Waals surface area contributed by atoms with Crippen LogP contribution in [0.5, 0.6) is 0 Å². The highest BCUT2D eigenvalue weighted by atomic mass is 35.5. The molecule has 0 saturated carbocycles. The van der Waals surface area contributed by atoms with E-state index < -0.39 is 0 Å². The molecule has 22 heavy (non-hydrogen) atoms. The van der Waals surface area contributed by atoms with Crippen molar-refractivity contribution < 1.29 is 4.79 Å². The highest BCUT2D eigenvalue weighted by Gasteiger charge is 2.13. The number of fused-ring (bicyclic) bond motifs is 1. The summed E-state index contributed by atoms with van der Waals surface area (Å²) in [5.41, 5.74) is 3.90. The number of amides is 1. The molecule has 1 N–H and O–H groups in total. The summed E-state index contributed by atoms with van der Waals surface area (Å²) < 4.78 is 0. The minimum Gasteiger partial charge on any atom is -0.322 e. The summed E-state index contributed by atoms with van der Waals surface area (Å²) in [7, 11) is 0. The summed E-state index contributed by atoms with van der Waals surface area (Å²) in [5, 5.41) is 4.42. The first kappa shape index (κ1) is 14.5. The molecule has 0 aliphatic heterocycles. The quantitative estimate of drug-likeness (QED) is 0.741. The minimum atomic E-state index is -0.166. The van der Waals surface area contributed by atoms with E-state index in [1.807, 2.05) is 56.3 Å². The fourth-order valence-corrected chi connectivity index (χ4v) is 2.56. The molecular formula is C18H15ClN2O. The van der Waals surface area contributed by atoms with E-state index in [9.17, 15) is 4.79 Å². The zero-order valence-electron chi connectivity index (χ0n) is 12.4. The number of carbonyl (C=O) groups excluding carboxylic acids is 1. The maximum Gasteiger partial charge on any atom is 0.257 e. The van der Waals surface area contributed by atoms with Crippen LogP contribution in [0.3, 0.4) is 0 Å². The Hall–Kier alpha value is -2.39. The van der Waals surface area contributed by atoms with Crippen molar-refractivity contribution in [3.05, 3.63) is 70.4 Å². The van der Waals surface area contributed by atoms with Crippen LogP contribution >= 0.6 is 11.6 Å². The number of aryl methyl sites for hydroxylation is 2. The SMILES string of the molecule is Cc1ccccc1NC(=O)c1cc2cc(Cl)ccc2nc1C. The van der Waals surface area contributed by atoms with Gasteiger partial charge >= 0.3 is 0 Å². The molecule has 0 aliphatic rings. The smallest absolute Gasteiger partial charge is 0.257 e. The standard InChI is InChI=1S/C18H15ClN2O/c1-11-5-3-4-6-16(11)21-18(22)15-10-13-9-14(19)7-8-17(13)20-12(15)2/h3-10H,1-2H3,(H,21,22). The van der Waals surface area contributed by atoms with Crippen molar-refractivity contribution in [1.82, 2.24) is 4.98 Å². The molecule has 0 aliphatic carbocycles. The van der Waals surface area contributed by atoms with Gasteiger partial charge in [0.2, 0.25) is 0 Å². The van der Waals surface area contributed by atoms with E-state index in [0.717, 1.165) is 22.2 Å². The number of benzene rings is 2. The van der Waals surface area contributed by atoms with Gasteiger partial charge in [-0.3, -0.25) is 9.78 Å². The van der Waals surface area contributed by atoms with Crippen molar-refractivity contribution in [2.75, 3.05) is 5.32 Å². The highest BCUT2D eigenvalue weighted by Crippen LogP contribution is 2.22. The number of hydrogen-bond acceptors (Lipinski definition) is 2. The van der Waals surface area contributed by atoms with Gasteiger partial charge in [-0.1, -0.05) is 29.8 Å². The maximum atomic E-state index is 12.5. The number of halogens is 1. The van der Waals surface area contributed by atoms with Crippen LogP contribution in [-0.4, -0.2) is 10.9 Å². The van der Waals surface area contributed by atoms with Gasteiger partial charge in [-0.2, -0.15) is 0 Å². The Labute approximate surface area is 133 Å². The molecule has 2 aromatic carbocycles. The molecule has 0 unspecified atom stereocenters. The predicted molar refractivity (Wildman–Crippen MR) is 90.6 cm³/mol. The summed E-state index contributed by atoms with van der Waals surface area (Å²) in [6.45, 7) is 3.79. The van der Waals surface area contributed by atoms with Gasteiger partial charge in [0.25, 0.3) is 5.91 Å². The van der Waals surface area contributed by atoms with Crippen LogP contribution in [0.15, 0.2) is 48.5 Å². The molecule has 1 amide bonds. The topological polar surface area (TPSA) is 42.0 Å². The number of nitrogens with one attached hydrogen (secondary N) is 1. The van der Waals surface area contributed by atoms with Crippen molar-refractivity contribution >= 4 is 34.1 Å².